The zero-order chi connectivity index (χ0) is 41.7. The van der Waals surface area contributed by atoms with Crippen LogP contribution in [0.4, 0.5) is 0 Å². The van der Waals surface area contributed by atoms with Crippen LogP contribution in [0.15, 0.2) is 69.0 Å². The number of fused-ring (bicyclic) bond motifs is 1. The highest BCUT2D eigenvalue weighted by molar-refractivity contribution is 7.80. The molecule has 0 bridgehead atoms. The standard InChI is InChI=1S/C34H39N7O5.C3H8.C2H6S.2C2H6/c1-5-8-27-26(19-21-11-13-22(14-12-21)24-9-6-7-10-25(24)28-38-31(43)44-39-28)29(42)40(30-36-20-37-41(27)30)23-15-17-34(18-16-23)45-32(2,3)33(4,35)46-34;1-3-2;1-2-3;2*1-2/h6-7,9-14,20,23H,5,8,15-19,35H2,1-4H3,(H,38,39,43);3H2,1-2H3;3H,2H2,1H3;2*1-2H3. The van der Waals surface area contributed by atoms with Crippen LogP contribution in [-0.4, -0.2) is 52.2 Å². The van der Waals surface area contributed by atoms with Gasteiger partial charge in [0.15, 0.2) is 11.6 Å². The van der Waals surface area contributed by atoms with E-state index in [1.54, 1.807) is 0 Å². The van der Waals surface area contributed by atoms with Crippen LogP contribution in [0.3, 0.4) is 0 Å². The summed E-state index contributed by atoms with van der Waals surface area (Å²) in [5.41, 5.74) is 10.1. The quantitative estimate of drug-likeness (QED) is 0.137. The summed E-state index contributed by atoms with van der Waals surface area (Å²) in [5.74, 6) is 0.517. The second-order valence-electron chi connectivity index (χ2n) is 14.2. The lowest BCUT2D eigenvalue weighted by Crippen LogP contribution is -2.52. The lowest BCUT2D eigenvalue weighted by molar-refractivity contribution is -0.213. The second kappa shape index (κ2) is 20.9. The number of ether oxygens (including phenoxy) is 2. The smallest absolute Gasteiger partial charge is 0.340 e. The van der Waals surface area contributed by atoms with Crippen molar-refractivity contribution in [1.82, 2.24) is 29.3 Å². The van der Waals surface area contributed by atoms with Gasteiger partial charge < -0.3 is 15.2 Å². The minimum absolute atomic E-state index is 0.0356. The van der Waals surface area contributed by atoms with E-state index >= 15 is 0 Å². The highest BCUT2D eigenvalue weighted by atomic mass is 32.1. The lowest BCUT2D eigenvalue weighted by atomic mass is 9.89. The molecule has 1 spiro atoms. The Bertz CT molecular complexity index is 2040. The van der Waals surface area contributed by atoms with Crippen LogP contribution in [0.2, 0.25) is 0 Å². The summed E-state index contributed by atoms with van der Waals surface area (Å²) in [6, 6.07) is 15.7. The van der Waals surface area contributed by atoms with Gasteiger partial charge in [0.05, 0.1) is 5.69 Å². The molecular formula is C43H65N7O5S. The van der Waals surface area contributed by atoms with E-state index in [2.05, 4.69) is 53.6 Å². The molecule has 3 aromatic heterocycles. The van der Waals surface area contributed by atoms with Gasteiger partial charge >= 0.3 is 5.76 Å². The van der Waals surface area contributed by atoms with Crippen LogP contribution in [-0.2, 0) is 22.3 Å². The van der Waals surface area contributed by atoms with Crippen LogP contribution >= 0.6 is 12.6 Å². The monoisotopic (exact) mass is 791 g/mol. The normalized spacial score (nSPS) is 20.8. The van der Waals surface area contributed by atoms with Crippen molar-refractivity contribution in [2.75, 3.05) is 5.75 Å². The summed E-state index contributed by atoms with van der Waals surface area (Å²) in [5, 5.41) is 8.45. The number of aromatic amines is 1. The molecule has 2 aliphatic rings. The summed E-state index contributed by atoms with van der Waals surface area (Å²) >= 11 is 3.79. The summed E-state index contributed by atoms with van der Waals surface area (Å²) in [6.07, 6.45) is 7.41. The van der Waals surface area contributed by atoms with Crippen molar-refractivity contribution in [3.05, 3.63) is 92.6 Å². The lowest BCUT2D eigenvalue weighted by Gasteiger charge is -2.37. The molecule has 1 saturated carbocycles. The van der Waals surface area contributed by atoms with Crippen molar-refractivity contribution in [2.45, 2.75) is 151 Å². The average Bonchev–Trinajstić information content (AvgIpc) is 3.89. The van der Waals surface area contributed by atoms with Crippen molar-refractivity contribution in [3.8, 4) is 22.5 Å². The first-order valence-electron chi connectivity index (χ1n) is 20.3. The van der Waals surface area contributed by atoms with Crippen LogP contribution in [0.25, 0.3) is 28.3 Å². The van der Waals surface area contributed by atoms with Gasteiger partial charge in [0.1, 0.15) is 17.7 Å². The fourth-order valence-corrected chi connectivity index (χ4v) is 6.97. The molecule has 1 aliphatic carbocycles. The van der Waals surface area contributed by atoms with Crippen LogP contribution in [0.1, 0.15) is 138 Å². The topological polar surface area (TPSA) is 156 Å². The first-order chi connectivity index (χ1) is 26.8. The van der Waals surface area contributed by atoms with Gasteiger partial charge in [-0.25, -0.2) is 9.31 Å². The van der Waals surface area contributed by atoms with Crippen LogP contribution < -0.4 is 17.0 Å². The zero-order valence-electron chi connectivity index (χ0n) is 35.4. The molecule has 12 nitrogen and oxygen atoms in total. The largest absolute Gasteiger partial charge is 0.439 e. The van der Waals surface area contributed by atoms with Gasteiger partial charge in [-0.15, -0.1) is 0 Å². The number of aryl methyl sites for hydroxylation is 1. The Labute approximate surface area is 338 Å². The van der Waals surface area contributed by atoms with Crippen LogP contribution in [0, 0.1) is 0 Å². The zero-order valence-corrected chi connectivity index (χ0v) is 36.3. The molecule has 5 aromatic rings. The molecule has 1 saturated heterocycles. The molecule has 2 aromatic carbocycles. The number of aromatic nitrogens is 6. The van der Waals surface area contributed by atoms with E-state index in [4.69, 9.17) is 19.7 Å². The molecule has 3 N–H and O–H groups in total. The maximum atomic E-state index is 14.4. The van der Waals surface area contributed by atoms with Gasteiger partial charge in [-0.1, -0.05) is 122 Å². The van der Waals surface area contributed by atoms with E-state index in [1.165, 1.54) is 12.7 Å². The Morgan fingerprint density at radius 2 is 1.50 bits per heavy atom. The third kappa shape index (κ3) is 10.3. The maximum Gasteiger partial charge on any atom is 0.439 e. The molecule has 13 heteroatoms. The fourth-order valence-electron chi connectivity index (χ4n) is 6.97. The second-order valence-corrected chi connectivity index (χ2v) is 14.8. The molecule has 56 heavy (non-hydrogen) atoms. The van der Waals surface area contributed by atoms with Crippen molar-refractivity contribution in [2.24, 2.45) is 5.73 Å². The predicted octanol–water partition coefficient (Wildman–Crippen LogP) is 9.16. The minimum Gasteiger partial charge on any atom is -0.340 e. The third-order valence-electron chi connectivity index (χ3n) is 9.70. The molecule has 0 amide bonds. The molecule has 1 aliphatic heterocycles. The van der Waals surface area contributed by atoms with Gasteiger partial charge in [-0.3, -0.25) is 18.9 Å². The van der Waals surface area contributed by atoms with Crippen molar-refractivity contribution in [3.63, 3.8) is 0 Å². The van der Waals surface area contributed by atoms with E-state index in [9.17, 15) is 9.59 Å². The van der Waals surface area contributed by atoms with E-state index in [0.29, 0.717) is 50.1 Å². The number of nitrogens with one attached hydrogen (secondary N) is 1. The van der Waals surface area contributed by atoms with Crippen molar-refractivity contribution >= 4 is 18.4 Å². The molecule has 4 heterocycles. The first-order valence-corrected chi connectivity index (χ1v) is 21.0. The SMILES string of the molecule is CC.CC.CCC.CCCc1c(Cc2ccc(-c3ccccc3-c3noc(=O)[nH]3)cc2)c(=O)n(C2CCC3(CC2)OC(C)(C)C(C)(N)O3)c2ncnn12.CCS. The van der Waals surface area contributed by atoms with Gasteiger partial charge in [0, 0.05) is 36.4 Å². The number of thiol groups is 1. The summed E-state index contributed by atoms with van der Waals surface area (Å²) in [6.45, 7) is 22.1. The molecule has 308 valence electrons. The first kappa shape index (κ1) is 46.3. The minimum atomic E-state index is -0.904. The third-order valence-corrected chi connectivity index (χ3v) is 9.70. The van der Waals surface area contributed by atoms with E-state index in [-0.39, 0.29) is 11.6 Å². The van der Waals surface area contributed by atoms with Gasteiger partial charge in [0.2, 0.25) is 5.78 Å². The maximum absolute atomic E-state index is 14.4. The average molecular weight is 792 g/mol. The molecule has 1 unspecified atom stereocenters. The molecule has 7 rings (SSSR count). The number of nitrogens with two attached hydrogens (primary N) is 1. The number of benzene rings is 2. The van der Waals surface area contributed by atoms with Crippen LogP contribution in [0.5, 0.6) is 0 Å². The van der Waals surface area contributed by atoms with Gasteiger partial charge in [-0.2, -0.15) is 22.7 Å². The molecule has 1 atom stereocenters. The van der Waals surface area contributed by atoms with Crippen molar-refractivity contribution in [1.29, 1.82) is 0 Å². The van der Waals surface area contributed by atoms with E-state index in [1.807, 2.05) is 113 Å². The number of hydrogen-bond donors (Lipinski definition) is 3. The number of rotatable bonds is 7. The highest BCUT2D eigenvalue weighted by Crippen LogP contribution is 2.49. The number of H-pyrrole nitrogens is 1. The Morgan fingerprint density at radius 1 is 0.911 bits per heavy atom. The van der Waals surface area contributed by atoms with E-state index in [0.717, 1.165) is 45.7 Å². The Kier molecular flexibility index (Phi) is 17.3. The molecular weight excluding hydrogens is 727 g/mol. The molecule has 2 fully saturated rings. The van der Waals surface area contributed by atoms with E-state index < -0.39 is 22.9 Å². The van der Waals surface area contributed by atoms with Gasteiger partial charge in [0.25, 0.3) is 5.56 Å². The Hall–Kier alpha value is -4.04. The Morgan fingerprint density at radius 3 is 2.02 bits per heavy atom. The summed E-state index contributed by atoms with van der Waals surface area (Å²) in [4.78, 5) is 33.2. The Balaban J connectivity index is 0.000000770. The fraction of sp³-hybridized carbons (Fsp3) is 0.558. The predicted molar refractivity (Wildman–Crippen MR) is 229 cm³/mol. The highest BCUT2D eigenvalue weighted by Gasteiger charge is 2.58. The van der Waals surface area contributed by atoms with Gasteiger partial charge in [-0.05, 0) is 62.5 Å². The summed E-state index contributed by atoms with van der Waals surface area (Å²) in [7, 11) is 0. The number of nitrogens with zero attached hydrogens (tertiary/aromatic N) is 5. The number of hydrogen-bond acceptors (Lipinski definition) is 10. The van der Waals surface area contributed by atoms with Crippen molar-refractivity contribution < 1.29 is 14.0 Å². The summed E-state index contributed by atoms with van der Waals surface area (Å²) < 4.78 is 21.1. The molecule has 0 radical (unpaired) electrons.